The van der Waals surface area contributed by atoms with Gasteiger partial charge in [0.05, 0.1) is 23.3 Å². The molecule has 5 aliphatic rings. The van der Waals surface area contributed by atoms with E-state index in [9.17, 15) is 0 Å². The predicted molar refractivity (Wildman–Crippen MR) is 247 cm³/mol. The number of hydrogen-bond donors (Lipinski definition) is 0. The van der Waals surface area contributed by atoms with Crippen LogP contribution >= 0.6 is 0 Å². The number of nitrogens with zero attached hydrogens (tertiary/aromatic N) is 5. The minimum atomic E-state index is -0.646. The summed E-state index contributed by atoms with van der Waals surface area (Å²) in [6.07, 6.45) is 10.8. The van der Waals surface area contributed by atoms with Gasteiger partial charge >= 0.3 is 0 Å². The first-order valence-corrected chi connectivity index (χ1v) is 21.4. The second-order valence-corrected chi connectivity index (χ2v) is 18.4. The lowest BCUT2D eigenvalue weighted by atomic mass is 9.77. The second-order valence-electron chi connectivity index (χ2n) is 18.4. The Hall–Kier alpha value is -5.82. The van der Waals surface area contributed by atoms with E-state index in [0.29, 0.717) is 5.92 Å². The molecule has 0 bridgehead atoms. The van der Waals surface area contributed by atoms with Crippen molar-refractivity contribution in [2.75, 3.05) is 42.4 Å². The number of benzene rings is 6. The van der Waals surface area contributed by atoms with Crippen LogP contribution in [0.2, 0.25) is 0 Å². The first-order chi connectivity index (χ1) is 28.5. The van der Waals surface area contributed by atoms with Crippen molar-refractivity contribution in [3.8, 4) is 11.5 Å². The van der Waals surface area contributed by atoms with Gasteiger partial charge in [-0.15, -0.1) is 0 Å². The van der Waals surface area contributed by atoms with Gasteiger partial charge < -0.3 is 24.2 Å². The molecule has 2 unspecified atom stereocenters. The zero-order chi connectivity index (χ0) is 40.7. The van der Waals surface area contributed by atoms with Crippen molar-refractivity contribution >= 4 is 62.4 Å². The Labute approximate surface area is 349 Å². The Morgan fingerprint density at radius 3 is 1.88 bits per heavy atom. The van der Waals surface area contributed by atoms with Crippen LogP contribution in [-0.2, 0) is 10.8 Å². The zero-order valence-corrected chi connectivity index (χ0v) is 35.5. The number of anilines is 3. The molecular formula is C52H55N5O2. The van der Waals surface area contributed by atoms with E-state index in [-0.39, 0.29) is 10.8 Å². The van der Waals surface area contributed by atoms with Gasteiger partial charge in [-0.1, -0.05) is 110 Å². The van der Waals surface area contributed by atoms with Crippen LogP contribution in [0, 0.1) is 5.92 Å². The molecule has 6 aromatic carbocycles. The normalized spacial score (nSPS) is 23.0. The summed E-state index contributed by atoms with van der Waals surface area (Å²) in [7, 11) is 6.28. The number of rotatable bonds is 3. The Morgan fingerprint density at radius 1 is 0.610 bits per heavy atom. The average molecular weight is 782 g/mol. The third-order valence-electron chi connectivity index (χ3n) is 14.2. The van der Waals surface area contributed by atoms with Crippen molar-refractivity contribution < 1.29 is 9.47 Å². The number of likely N-dealkylation sites (N-methyl/N-ethyl adjacent to an activating group) is 1. The van der Waals surface area contributed by atoms with Gasteiger partial charge in [0.2, 0.25) is 11.4 Å². The van der Waals surface area contributed by atoms with E-state index in [1.54, 1.807) is 0 Å². The number of ether oxygens (including phenoxy) is 2. The van der Waals surface area contributed by atoms with Crippen molar-refractivity contribution in [3.63, 3.8) is 0 Å². The molecule has 7 heteroatoms. The van der Waals surface area contributed by atoms with Gasteiger partial charge in [-0.05, 0) is 81.2 Å². The monoisotopic (exact) mass is 781 g/mol. The highest BCUT2D eigenvalue weighted by atomic mass is 16.5. The summed E-state index contributed by atoms with van der Waals surface area (Å²) >= 11 is 0. The predicted octanol–water partition coefficient (Wildman–Crippen LogP) is 12.1. The third-order valence-corrected chi connectivity index (χ3v) is 14.2. The number of hydrogen-bond acceptors (Lipinski definition) is 7. The van der Waals surface area contributed by atoms with Gasteiger partial charge in [0.15, 0.2) is 5.75 Å². The second kappa shape index (κ2) is 13.6. The highest BCUT2D eigenvalue weighted by Gasteiger charge is 2.60. The third kappa shape index (κ3) is 5.46. The molecule has 7 nitrogen and oxygen atoms in total. The van der Waals surface area contributed by atoms with Crippen LogP contribution in [0.25, 0.3) is 21.5 Å². The fraction of sp³-hybridized carbons (Fsp3) is 0.346. The smallest absolute Gasteiger partial charge is 0.228 e. The van der Waals surface area contributed by atoms with E-state index >= 15 is 0 Å². The van der Waals surface area contributed by atoms with E-state index < -0.39 is 11.4 Å². The van der Waals surface area contributed by atoms with Gasteiger partial charge in [0.25, 0.3) is 0 Å². The molecule has 0 N–H and O–H groups in total. The van der Waals surface area contributed by atoms with Crippen molar-refractivity contribution in [1.82, 2.24) is 0 Å². The standard InChI is InChI=1S/C30H35N3O.C22H20N2O/c1-29(2)24-16-10-11-17-25(24)33(19-21-12-6-5-7-13-21)30(29)20-31-28-23-15-9-8-14-22(23)26(32(3)4)18-27(28)34-30;1-21(2)17-10-6-7-11-18(17)24(3)22(21)14-23-20-16-9-5-4-8-15(16)12-13-19(20)25-22/h8-11,14-18,20-21H,5-7,12-13,19H2,1-4H3;4-14H,1-3H3. The lowest BCUT2D eigenvalue weighted by molar-refractivity contribution is 0.0734. The van der Waals surface area contributed by atoms with Gasteiger partial charge in [-0.2, -0.15) is 0 Å². The highest BCUT2D eigenvalue weighted by molar-refractivity contribution is 6.06. The molecule has 0 radical (unpaired) electrons. The molecule has 11 rings (SSSR count). The molecule has 1 fully saturated rings. The van der Waals surface area contributed by atoms with Gasteiger partial charge in [-0.3, -0.25) is 9.98 Å². The fourth-order valence-electron chi connectivity index (χ4n) is 10.8. The van der Waals surface area contributed by atoms with Gasteiger partial charge in [0.1, 0.15) is 17.1 Å². The lowest BCUT2D eigenvalue weighted by Crippen LogP contribution is -2.63. The number of aliphatic imine (C=N–C) groups is 2. The summed E-state index contributed by atoms with van der Waals surface area (Å²) in [5.74, 6) is 2.41. The first-order valence-electron chi connectivity index (χ1n) is 21.4. The topological polar surface area (TPSA) is 52.9 Å². The van der Waals surface area contributed by atoms with Crippen LogP contribution < -0.4 is 24.2 Å². The minimum Gasteiger partial charge on any atom is -0.459 e. The van der Waals surface area contributed by atoms with Crippen molar-refractivity contribution in [1.29, 1.82) is 0 Å². The Morgan fingerprint density at radius 2 is 1.17 bits per heavy atom. The molecular weight excluding hydrogens is 727 g/mol. The maximum absolute atomic E-state index is 7.18. The summed E-state index contributed by atoms with van der Waals surface area (Å²) in [4.78, 5) is 17.0. The Kier molecular flexibility index (Phi) is 8.64. The molecule has 1 saturated carbocycles. The molecule has 0 amide bonds. The van der Waals surface area contributed by atoms with Crippen molar-refractivity contribution in [2.24, 2.45) is 15.9 Å². The highest BCUT2D eigenvalue weighted by Crippen LogP contribution is 2.57. The molecule has 1 aliphatic carbocycles. The lowest BCUT2D eigenvalue weighted by Gasteiger charge is -2.47. The maximum atomic E-state index is 7.18. The summed E-state index contributed by atoms with van der Waals surface area (Å²) in [6, 6.07) is 40.5. The summed E-state index contributed by atoms with van der Waals surface area (Å²) in [5.41, 5.74) is 6.41. The summed E-state index contributed by atoms with van der Waals surface area (Å²) in [6.45, 7) is 10.1. The van der Waals surface area contributed by atoms with E-state index in [4.69, 9.17) is 19.5 Å². The van der Waals surface area contributed by atoms with Crippen LogP contribution in [0.15, 0.2) is 125 Å². The van der Waals surface area contributed by atoms with E-state index in [1.807, 2.05) is 24.4 Å². The van der Waals surface area contributed by atoms with Crippen LogP contribution in [0.1, 0.15) is 70.9 Å². The molecule has 0 aromatic heterocycles. The van der Waals surface area contributed by atoms with Crippen LogP contribution in [0.5, 0.6) is 11.5 Å². The van der Waals surface area contributed by atoms with Gasteiger partial charge in [-0.25, -0.2) is 0 Å². The maximum Gasteiger partial charge on any atom is 0.228 e. The van der Waals surface area contributed by atoms with Crippen LogP contribution in [0.4, 0.5) is 28.4 Å². The summed E-state index contributed by atoms with van der Waals surface area (Å²) < 4.78 is 13.9. The average Bonchev–Trinajstić information content (AvgIpc) is 3.53. The zero-order valence-electron chi connectivity index (χ0n) is 35.5. The van der Waals surface area contributed by atoms with Crippen LogP contribution in [0.3, 0.4) is 0 Å². The molecule has 4 aliphatic heterocycles. The molecule has 6 aromatic rings. The SMILES string of the molecule is CN(C)c1cc2c(c3ccccc13)N=CC1(O2)N(CC2CCCCC2)c2ccccc2C1(C)C.CN1c2ccccc2C(C)(C)C12C=Nc1c(ccc3ccccc13)O2. The van der Waals surface area contributed by atoms with E-state index in [1.165, 1.54) is 65.4 Å². The molecule has 2 spiro atoms. The van der Waals surface area contributed by atoms with E-state index in [2.05, 4.69) is 167 Å². The number of para-hydroxylation sites is 2. The Bertz CT molecular complexity index is 2670. The van der Waals surface area contributed by atoms with Crippen molar-refractivity contribution in [3.05, 3.63) is 126 Å². The molecule has 4 heterocycles. The molecule has 59 heavy (non-hydrogen) atoms. The summed E-state index contributed by atoms with van der Waals surface area (Å²) in [5, 5.41) is 4.65. The molecule has 0 saturated heterocycles. The first kappa shape index (κ1) is 37.5. The largest absolute Gasteiger partial charge is 0.459 e. The Balaban J connectivity index is 0.000000149. The quantitative estimate of drug-likeness (QED) is 0.179. The molecule has 2 atom stereocenters. The molecule has 300 valence electrons. The number of fused-ring (bicyclic) bond motifs is 8. The fourth-order valence-corrected chi connectivity index (χ4v) is 10.8. The minimum absolute atomic E-state index is 0.217. The van der Waals surface area contributed by atoms with Crippen LogP contribution in [-0.4, -0.2) is 51.6 Å². The van der Waals surface area contributed by atoms with Gasteiger partial charge in [0, 0.05) is 67.0 Å². The van der Waals surface area contributed by atoms with E-state index in [0.717, 1.165) is 45.9 Å². The van der Waals surface area contributed by atoms with Crippen molar-refractivity contribution in [2.45, 2.75) is 82.1 Å².